The lowest BCUT2D eigenvalue weighted by molar-refractivity contribution is 0.0697. The van der Waals surface area contributed by atoms with Crippen molar-refractivity contribution in [3.63, 3.8) is 0 Å². The van der Waals surface area contributed by atoms with Crippen molar-refractivity contribution in [1.82, 2.24) is 15.2 Å². The number of aromatic carboxylic acids is 1. The third-order valence-electron chi connectivity index (χ3n) is 3.24. The lowest BCUT2D eigenvalue weighted by Gasteiger charge is -2.02. The Bertz CT molecular complexity index is 810. The highest BCUT2D eigenvalue weighted by molar-refractivity contribution is 5.88. The molecule has 0 aliphatic rings. The first-order valence-electron chi connectivity index (χ1n) is 6.83. The molecule has 3 N–H and O–H groups in total. The smallest absolute Gasteiger partial charge is 0.335 e. The second-order valence-corrected chi connectivity index (χ2v) is 4.74. The van der Waals surface area contributed by atoms with Crippen LogP contribution in [0.15, 0.2) is 48.5 Å². The number of carboxylic acids is 1. The zero-order valence-electron chi connectivity index (χ0n) is 12.3. The van der Waals surface area contributed by atoms with E-state index in [1.807, 2.05) is 24.3 Å². The van der Waals surface area contributed by atoms with E-state index in [0.717, 1.165) is 11.3 Å². The predicted molar refractivity (Wildman–Crippen MR) is 85.1 cm³/mol. The Morgan fingerprint density at radius 3 is 2.43 bits per heavy atom. The summed E-state index contributed by atoms with van der Waals surface area (Å²) in [6.45, 7) is 0. The Morgan fingerprint density at radius 1 is 1.13 bits per heavy atom. The number of hydrogen-bond acceptors (Lipinski definition) is 5. The topological polar surface area (TPSA) is 100 Å². The number of methoxy groups -OCH3 is 1. The van der Waals surface area contributed by atoms with E-state index >= 15 is 0 Å². The Hall–Kier alpha value is -3.35. The van der Waals surface area contributed by atoms with E-state index in [1.54, 1.807) is 19.2 Å². The highest BCUT2D eigenvalue weighted by Crippen LogP contribution is 2.21. The summed E-state index contributed by atoms with van der Waals surface area (Å²) in [5, 5.41) is 18.8. The number of nitrogens with one attached hydrogen (secondary N) is 2. The molecule has 0 aliphatic heterocycles. The molecule has 0 amide bonds. The van der Waals surface area contributed by atoms with Crippen LogP contribution in [0.1, 0.15) is 10.4 Å². The van der Waals surface area contributed by atoms with Gasteiger partial charge in [-0.3, -0.25) is 5.10 Å². The van der Waals surface area contributed by atoms with E-state index in [4.69, 9.17) is 9.84 Å². The Kier molecular flexibility index (Phi) is 3.92. The third kappa shape index (κ3) is 3.29. The average molecular weight is 310 g/mol. The van der Waals surface area contributed by atoms with Crippen molar-refractivity contribution in [2.75, 3.05) is 12.4 Å². The van der Waals surface area contributed by atoms with E-state index in [9.17, 15) is 4.79 Å². The zero-order valence-corrected chi connectivity index (χ0v) is 12.3. The molecule has 3 rings (SSSR count). The number of anilines is 2. The van der Waals surface area contributed by atoms with Crippen LogP contribution in [0.5, 0.6) is 5.75 Å². The molecule has 1 heterocycles. The second kappa shape index (κ2) is 6.18. The minimum atomic E-state index is -0.962. The summed E-state index contributed by atoms with van der Waals surface area (Å²) in [4.78, 5) is 15.2. The number of hydrogen-bond donors (Lipinski definition) is 3. The van der Waals surface area contributed by atoms with Crippen LogP contribution in [0, 0.1) is 0 Å². The molecule has 2 aromatic carbocycles. The summed E-state index contributed by atoms with van der Waals surface area (Å²) in [5.41, 5.74) is 1.81. The fourth-order valence-corrected chi connectivity index (χ4v) is 2.02. The van der Waals surface area contributed by atoms with Gasteiger partial charge in [-0.2, -0.15) is 4.98 Å². The molecule has 0 bridgehead atoms. The highest BCUT2D eigenvalue weighted by Gasteiger charge is 2.07. The van der Waals surface area contributed by atoms with Gasteiger partial charge in [-0.1, -0.05) is 0 Å². The van der Waals surface area contributed by atoms with Crippen molar-refractivity contribution in [3.8, 4) is 17.1 Å². The molecule has 0 fully saturated rings. The molecule has 7 heteroatoms. The van der Waals surface area contributed by atoms with Gasteiger partial charge in [0.1, 0.15) is 5.75 Å². The molecule has 0 unspecified atom stereocenters. The number of nitrogens with zero attached hydrogens (tertiary/aromatic N) is 2. The zero-order chi connectivity index (χ0) is 16.2. The summed E-state index contributed by atoms with van der Waals surface area (Å²) in [6.07, 6.45) is 0. The number of ether oxygens (including phenoxy) is 1. The average Bonchev–Trinajstić information content (AvgIpc) is 3.04. The molecule has 0 saturated carbocycles. The minimum absolute atomic E-state index is 0.226. The van der Waals surface area contributed by atoms with E-state index < -0.39 is 5.97 Å². The summed E-state index contributed by atoms with van der Waals surface area (Å²) < 4.78 is 5.12. The Balaban J connectivity index is 1.74. The van der Waals surface area contributed by atoms with Gasteiger partial charge < -0.3 is 15.2 Å². The molecule has 0 saturated heterocycles. The minimum Gasteiger partial charge on any atom is -0.497 e. The molecule has 0 atom stereocenters. The van der Waals surface area contributed by atoms with Gasteiger partial charge >= 0.3 is 5.97 Å². The van der Waals surface area contributed by atoms with Crippen LogP contribution in [0.4, 0.5) is 11.6 Å². The van der Waals surface area contributed by atoms with Crippen molar-refractivity contribution < 1.29 is 14.6 Å². The quantitative estimate of drug-likeness (QED) is 0.670. The van der Waals surface area contributed by atoms with Crippen LogP contribution in [-0.2, 0) is 0 Å². The van der Waals surface area contributed by atoms with Gasteiger partial charge in [0.05, 0.1) is 12.7 Å². The van der Waals surface area contributed by atoms with Gasteiger partial charge in [-0.15, -0.1) is 5.10 Å². The fraction of sp³-hybridized carbons (Fsp3) is 0.0625. The summed E-state index contributed by atoms with van der Waals surface area (Å²) >= 11 is 0. The van der Waals surface area contributed by atoms with Crippen molar-refractivity contribution in [1.29, 1.82) is 0 Å². The van der Waals surface area contributed by atoms with Crippen molar-refractivity contribution in [2.45, 2.75) is 0 Å². The van der Waals surface area contributed by atoms with Gasteiger partial charge in [-0.05, 0) is 48.5 Å². The van der Waals surface area contributed by atoms with E-state index in [2.05, 4.69) is 20.5 Å². The SMILES string of the molecule is COc1ccc(-c2nc(Nc3ccc(C(=O)O)cc3)n[nH]2)cc1. The molecular formula is C16H14N4O3. The van der Waals surface area contributed by atoms with E-state index in [-0.39, 0.29) is 5.56 Å². The number of aromatic amines is 1. The number of aromatic nitrogens is 3. The molecule has 0 spiro atoms. The van der Waals surface area contributed by atoms with Crippen molar-refractivity contribution in [3.05, 3.63) is 54.1 Å². The third-order valence-corrected chi connectivity index (χ3v) is 3.24. The van der Waals surface area contributed by atoms with Crippen LogP contribution in [-0.4, -0.2) is 33.4 Å². The first kappa shape index (κ1) is 14.6. The highest BCUT2D eigenvalue weighted by atomic mass is 16.5. The maximum atomic E-state index is 10.8. The van der Waals surface area contributed by atoms with E-state index in [1.165, 1.54) is 12.1 Å². The predicted octanol–water partition coefficient (Wildman–Crippen LogP) is 2.92. The molecule has 116 valence electrons. The van der Waals surface area contributed by atoms with Crippen molar-refractivity contribution >= 4 is 17.6 Å². The van der Waals surface area contributed by atoms with Crippen LogP contribution < -0.4 is 10.1 Å². The largest absolute Gasteiger partial charge is 0.497 e. The number of carboxylic acid groups (broad SMARTS) is 1. The Labute approximate surface area is 132 Å². The normalized spacial score (nSPS) is 10.3. The monoisotopic (exact) mass is 310 g/mol. The maximum absolute atomic E-state index is 10.8. The molecule has 0 radical (unpaired) electrons. The van der Waals surface area contributed by atoms with Crippen LogP contribution in [0.25, 0.3) is 11.4 Å². The molecule has 3 aromatic rings. The molecular weight excluding hydrogens is 296 g/mol. The molecule has 23 heavy (non-hydrogen) atoms. The lowest BCUT2D eigenvalue weighted by Crippen LogP contribution is -1.97. The summed E-state index contributed by atoms with van der Waals surface area (Å²) in [6, 6.07) is 13.8. The summed E-state index contributed by atoms with van der Waals surface area (Å²) in [7, 11) is 1.61. The van der Waals surface area contributed by atoms with Gasteiger partial charge in [-0.25, -0.2) is 4.79 Å². The second-order valence-electron chi connectivity index (χ2n) is 4.74. The number of carbonyl (C=O) groups is 1. The van der Waals surface area contributed by atoms with Gasteiger partial charge in [0, 0.05) is 11.3 Å². The van der Waals surface area contributed by atoms with Gasteiger partial charge in [0.2, 0.25) is 5.95 Å². The van der Waals surface area contributed by atoms with E-state index in [0.29, 0.717) is 17.5 Å². The fourth-order valence-electron chi connectivity index (χ4n) is 2.02. The summed E-state index contributed by atoms with van der Waals surface area (Å²) in [5.74, 6) is 0.831. The van der Waals surface area contributed by atoms with Gasteiger partial charge in [0.15, 0.2) is 5.82 Å². The van der Waals surface area contributed by atoms with Gasteiger partial charge in [0.25, 0.3) is 0 Å². The number of H-pyrrole nitrogens is 1. The van der Waals surface area contributed by atoms with Crippen LogP contribution in [0.2, 0.25) is 0 Å². The maximum Gasteiger partial charge on any atom is 0.335 e. The lowest BCUT2D eigenvalue weighted by atomic mass is 10.2. The first-order valence-corrected chi connectivity index (χ1v) is 6.83. The standard InChI is InChI=1S/C16H14N4O3/c1-23-13-8-4-10(5-9-13)14-18-16(20-19-14)17-12-6-2-11(3-7-12)15(21)22/h2-9H,1H3,(H,21,22)(H2,17,18,19,20). The molecule has 0 aliphatic carbocycles. The number of rotatable bonds is 5. The van der Waals surface area contributed by atoms with Crippen LogP contribution >= 0.6 is 0 Å². The number of benzene rings is 2. The molecule has 1 aromatic heterocycles. The molecule has 7 nitrogen and oxygen atoms in total. The van der Waals surface area contributed by atoms with Crippen LogP contribution in [0.3, 0.4) is 0 Å². The Morgan fingerprint density at radius 2 is 1.83 bits per heavy atom. The van der Waals surface area contributed by atoms with Crippen molar-refractivity contribution in [2.24, 2.45) is 0 Å². The first-order chi connectivity index (χ1) is 11.2.